The van der Waals surface area contributed by atoms with Crippen LogP contribution in [0.1, 0.15) is 32.1 Å². The lowest BCUT2D eigenvalue weighted by molar-refractivity contribution is 0.0389. The zero-order valence-corrected chi connectivity index (χ0v) is 9.09. The molecule has 0 aliphatic carbocycles. The molecule has 1 rings (SSSR count). The summed E-state index contributed by atoms with van der Waals surface area (Å²) >= 11 is 0. The zero-order valence-electron chi connectivity index (χ0n) is 9.09. The van der Waals surface area contributed by atoms with Gasteiger partial charge in [0.15, 0.2) is 0 Å². The highest BCUT2D eigenvalue weighted by Gasteiger charge is 2.22. The molecule has 80 valence electrons. The number of unbranched alkanes of at least 4 members (excludes halogenated alkanes) is 1. The van der Waals surface area contributed by atoms with Crippen molar-refractivity contribution in [3.63, 3.8) is 0 Å². The normalized spacial score (nSPS) is 24.1. The van der Waals surface area contributed by atoms with Gasteiger partial charge in [0.2, 0.25) is 0 Å². The van der Waals surface area contributed by atoms with Crippen LogP contribution in [0.5, 0.6) is 0 Å². The first-order valence-corrected chi connectivity index (χ1v) is 5.57. The van der Waals surface area contributed by atoms with Gasteiger partial charge in [0.05, 0.1) is 6.61 Å². The number of rotatable bonds is 5. The third kappa shape index (κ3) is 3.69. The van der Waals surface area contributed by atoms with Crippen LogP contribution in [0.25, 0.3) is 0 Å². The molecule has 0 saturated carbocycles. The lowest BCUT2D eigenvalue weighted by atomic mass is 9.90. The van der Waals surface area contributed by atoms with Gasteiger partial charge < -0.3 is 10.1 Å². The molecule has 14 heavy (non-hydrogen) atoms. The molecule has 2 nitrogen and oxygen atoms in total. The fourth-order valence-electron chi connectivity index (χ4n) is 2.12. The number of hydrogen-bond donors (Lipinski definition) is 1. The molecule has 0 spiro atoms. The standard InChI is InChI=1S/C12H21NO/c1-3-4-5-8-12(13-2)11-7-6-9-14-10-11/h1,11-13H,4-10H2,2H3. The smallest absolute Gasteiger partial charge is 0.0509 e. The number of nitrogens with one attached hydrogen (secondary N) is 1. The second kappa shape index (κ2) is 6.86. The van der Waals surface area contributed by atoms with Crippen molar-refractivity contribution >= 4 is 0 Å². The molecular formula is C12H21NO. The van der Waals surface area contributed by atoms with Crippen LogP contribution in [0.2, 0.25) is 0 Å². The van der Waals surface area contributed by atoms with E-state index in [0.29, 0.717) is 12.0 Å². The SMILES string of the molecule is C#CCCCC(NC)C1CCCOC1. The monoisotopic (exact) mass is 195 g/mol. The first-order chi connectivity index (χ1) is 6.88. The van der Waals surface area contributed by atoms with Crippen molar-refractivity contribution < 1.29 is 4.74 Å². The predicted octanol–water partition coefficient (Wildman–Crippen LogP) is 1.80. The number of ether oxygens (including phenoxy) is 1. The molecule has 1 N–H and O–H groups in total. The Hall–Kier alpha value is -0.520. The maximum atomic E-state index is 5.49. The minimum Gasteiger partial charge on any atom is -0.381 e. The van der Waals surface area contributed by atoms with Gasteiger partial charge in [0.25, 0.3) is 0 Å². The van der Waals surface area contributed by atoms with Crippen LogP contribution >= 0.6 is 0 Å². The van der Waals surface area contributed by atoms with Gasteiger partial charge in [-0.05, 0) is 38.6 Å². The molecule has 2 unspecified atom stereocenters. The predicted molar refractivity (Wildman–Crippen MR) is 59.1 cm³/mol. The highest BCUT2D eigenvalue weighted by atomic mass is 16.5. The van der Waals surface area contributed by atoms with E-state index in [0.717, 1.165) is 26.1 Å². The van der Waals surface area contributed by atoms with Crippen LogP contribution in [-0.2, 0) is 4.74 Å². The van der Waals surface area contributed by atoms with Gasteiger partial charge in [0, 0.05) is 19.1 Å². The van der Waals surface area contributed by atoms with Crippen molar-refractivity contribution in [2.45, 2.75) is 38.1 Å². The quantitative estimate of drug-likeness (QED) is 0.533. The fourth-order valence-corrected chi connectivity index (χ4v) is 2.12. The molecule has 0 amide bonds. The molecule has 0 bridgehead atoms. The molecule has 0 aromatic rings. The van der Waals surface area contributed by atoms with E-state index < -0.39 is 0 Å². The van der Waals surface area contributed by atoms with E-state index >= 15 is 0 Å². The first kappa shape index (κ1) is 11.6. The topological polar surface area (TPSA) is 21.3 Å². The van der Waals surface area contributed by atoms with Crippen LogP contribution in [-0.4, -0.2) is 26.3 Å². The van der Waals surface area contributed by atoms with Crippen molar-refractivity contribution in [2.75, 3.05) is 20.3 Å². The molecule has 1 heterocycles. The highest BCUT2D eigenvalue weighted by molar-refractivity contribution is 4.85. The Labute approximate surface area is 87.4 Å². The summed E-state index contributed by atoms with van der Waals surface area (Å²) in [5.74, 6) is 3.38. The van der Waals surface area contributed by atoms with E-state index in [1.165, 1.54) is 19.3 Å². The summed E-state index contributed by atoms with van der Waals surface area (Å²) in [6.07, 6.45) is 10.9. The Bertz CT molecular complexity index is 179. The fraction of sp³-hybridized carbons (Fsp3) is 0.833. The van der Waals surface area contributed by atoms with Gasteiger partial charge in [-0.15, -0.1) is 12.3 Å². The zero-order chi connectivity index (χ0) is 10.2. The summed E-state index contributed by atoms with van der Waals surface area (Å²) in [5, 5.41) is 3.38. The third-order valence-corrected chi connectivity index (χ3v) is 2.97. The largest absolute Gasteiger partial charge is 0.381 e. The van der Waals surface area contributed by atoms with Crippen LogP contribution in [0.15, 0.2) is 0 Å². The van der Waals surface area contributed by atoms with E-state index in [2.05, 4.69) is 11.2 Å². The number of hydrogen-bond acceptors (Lipinski definition) is 2. The Morgan fingerprint density at radius 1 is 1.64 bits per heavy atom. The Morgan fingerprint density at radius 3 is 3.07 bits per heavy atom. The first-order valence-electron chi connectivity index (χ1n) is 5.57. The molecule has 1 aliphatic heterocycles. The van der Waals surface area contributed by atoms with E-state index in [1.54, 1.807) is 0 Å². The van der Waals surface area contributed by atoms with E-state index in [4.69, 9.17) is 11.2 Å². The summed E-state index contributed by atoms with van der Waals surface area (Å²) in [6, 6.07) is 0.587. The summed E-state index contributed by atoms with van der Waals surface area (Å²) < 4.78 is 5.49. The van der Waals surface area contributed by atoms with Crippen LogP contribution < -0.4 is 5.32 Å². The summed E-state index contributed by atoms with van der Waals surface area (Å²) in [6.45, 7) is 1.86. The average molecular weight is 195 g/mol. The van der Waals surface area contributed by atoms with Crippen molar-refractivity contribution in [1.82, 2.24) is 5.32 Å². The van der Waals surface area contributed by atoms with Crippen molar-refractivity contribution in [3.05, 3.63) is 0 Å². The average Bonchev–Trinajstić information content (AvgIpc) is 2.26. The molecule has 2 atom stereocenters. The summed E-state index contributed by atoms with van der Waals surface area (Å²) in [4.78, 5) is 0. The van der Waals surface area contributed by atoms with Gasteiger partial charge in [-0.3, -0.25) is 0 Å². The second-order valence-electron chi connectivity index (χ2n) is 3.97. The lowest BCUT2D eigenvalue weighted by Gasteiger charge is -2.29. The molecule has 0 aromatic carbocycles. The number of terminal acetylenes is 1. The minimum absolute atomic E-state index is 0.587. The van der Waals surface area contributed by atoms with Crippen molar-refractivity contribution in [3.8, 4) is 12.3 Å². The minimum atomic E-state index is 0.587. The Balaban J connectivity index is 2.25. The van der Waals surface area contributed by atoms with Gasteiger partial charge in [-0.2, -0.15) is 0 Å². The van der Waals surface area contributed by atoms with E-state index in [9.17, 15) is 0 Å². The highest BCUT2D eigenvalue weighted by Crippen LogP contribution is 2.20. The van der Waals surface area contributed by atoms with Crippen LogP contribution in [0.4, 0.5) is 0 Å². The molecule has 1 saturated heterocycles. The molecular weight excluding hydrogens is 174 g/mol. The van der Waals surface area contributed by atoms with Crippen LogP contribution in [0, 0.1) is 18.3 Å². The molecule has 2 heteroatoms. The Kier molecular flexibility index (Phi) is 5.66. The van der Waals surface area contributed by atoms with Gasteiger partial charge in [-0.1, -0.05) is 0 Å². The van der Waals surface area contributed by atoms with Gasteiger partial charge in [-0.25, -0.2) is 0 Å². The molecule has 0 aromatic heterocycles. The Morgan fingerprint density at radius 2 is 2.50 bits per heavy atom. The van der Waals surface area contributed by atoms with Crippen LogP contribution in [0.3, 0.4) is 0 Å². The summed E-state index contributed by atoms with van der Waals surface area (Å²) in [5.41, 5.74) is 0. The van der Waals surface area contributed by atoms with E-state index in [-0.39, 0.29) is 0 Å². The third-order valence-electron chi connectivity index (χ3n) is 2.97. The maximum absolute atomic E-state index is 5.49. The van der Waals surface area contributed by atoms with Gasteiger partial charge in [0.1, 0.15) is 0 Å². The van der Waals surface area contributed by atoms with Gasteiger partial charge >= 0.3 is 0 Å². The molecule has 1 aliphatic rings. The molecule has 0 radical (unpaired) electrons. The maximum Gasteiger partial charge on any atom is 0.0509 e. The van der Waals surface area contributed by atoms with Crippen molar-refractivity contribution in [2.24, 2.45) is 5.92 Å². The van der Waals surface area contributed by atoms with Crippen molar-refractivity contribution in [1.29, 1.82) is 0 Å². The second-order valence-corrected chi connectivity index (χ2v) is 3.97. The molecule has 1 fully saturated rings. The summed E-state index contributed by atoms with van der Waals surface area (Å²) in [7, 11) is 2.04. The lowest BCUT2D eigenvalue weighted by Crippen LogP contribution is -2.38. The van der Waals surface area contributed by atoms with E-state index in [1.807, 2.05) is 7.05 Å².